The van der Waals surface area contributed by atoms with Crippen molar-refractivity contribution in [3.05, 3.63) is 55.7 Å². The summed E-state index contributed by atoms with van der Waals surface area (Å²) in [5, 5.41) is 29.3. The lowest BCUT2D eigenvalue weighted by molar-refractivity contribution is 0.0256. The molecule has 0 unspecified atom stereocenters. The molecule has 27 heavy (non-hydrogen) atoms. The number of nitrogens with zero attached hydrogens (tertiary/aromatic N) is 3. The molecule has 0 aliphatic heterocycles. The SMILES string of the molecule is [CH2][C@@H]1C[C@@H](Nc2ccnc3cc(-c4c[nH]c5ccccc45)nn23)[C@H](O)[C@@H]1O. The Labute approximate surface area is 155 Å². The van der Waals surface area contributed by atoms with Crippen molar-refractivity contribution < 1.29 is 10.2 Å². The van der Waals surface area contributed by atoms with Crippen molar-refractivity contribution in [3.63, 3.8) is 0 Å². The maximum absolute atomic E-state index is 10.2. The Morgan fingerprint density at radius 3 is 2.85 bits per heavy atom. The van der Waals surface area contributed by atoms with Gasteiger partial charge < -0.3 is 20.5 Å². The molecule has 7 heteroatoms. The van der Waals surface area contributed by atoms with Crippen LogP contribution in [-0.4, -0.2) is 48.0 Å². The molecule has 4 N–H and O–H groups in total. The fraction of sp³-hybridized carbons (Fsp3) is 0.250. The summed E-state index contributed by atoms with van der Waals surface area (Å²) in [6.07, 6.45) is 2.56. The number of rotatable bonds is 3. The second kappa shape index (κ2) is 6.07. The van der Waals surface area contributed by atoms with E-state index in [1.165, 1.54) is 0 Å². The van der Waals surface area contributed by atoms with Gasteiger partial charge in [-0.15, -0.1) is 0 Å². The highest BCUT2D eigenvalue weighted by Crippen LogP contribution is 2.31. The Bertz CT molecular complexity index is 1120. The highest BCUT2D eigenvalue weighted by molar-refractivity contribution is 5.95. The lowest BCUT2D eigenvalue weighted by Crippen LogP contribution is -2.35. The largest absolute Gasteiger partial charge is 0.390 e. The van der Waals surface area contributed by atoms with Crippen molar-refractivity contribution in [1.82, 2.24) is 19.6 Å². The Balaban J connectivity index is 1.54. The van der Waals surface area contributed by atoms with Gasteiger partial charge in [-0.1, -0.05) is 18.2 Å². The first kappa shape index (κ1) is 16.3. The summed E-state index contributed by atoms with van der Waals surface area (Å²) >= 11 is 0. The fourth-order valence-electron chi connectivity index (χ4n) is 3.88. The minimum Gasteiger partial charge on any atom is -0.390 e. The number of nitrogens with one attached hydrogen (secondary N) is 2. The maximum Gasteiger partial charge on any atom is 0.157 e. The first-order valence-corrected chi connectivity index (χ1v) is 8.99. The molecular formula is C20H20N5O2. The van der Waals surface area contributed by atoms with Gasteiger partial charge in [0.25, 0.3) is 0 Å². The van der Waals surface area contributed by atoms with Crippen LogP contribution in [0.3, 0.4) is 0 Å². The second-order valence-corrected chi connectivity index (χ2v) is 7.11. The van der Waals surface area contributed by atoms with Gasteiger partial charge in [0.05, 0.1) is 17.8 Å². The van der Waals surface area contributed by atoms with Crippen LogP contribution in [0.5, 0.6) is 0 Å². The number of aliphatic hydroxyl groups excluding tert-OH is 2. The molecule has 7 nitrogen and oxygen atoms in total. The number of aromatic amines is 1. The summed E-state index contributed by atoms with van der Waals surface area (Å²) < 4.78 is 1.73. The molecule has 0 amide bonds. The summed E-state index contributed by atoms with van der Waals surface area (Å²) in [5.41, 5.74) is 3.59. The van der Waals surface area contributed by atoms with Crippen molar-refractivity contribution in [3.8, 4) is 11.3 Å². The van der Waals surface area contributed by atoms with Crippen molar-refractivity contribution in [1.29, 1.82) is 0 Å². The molecule has 1 radical (unpaired) electrons. The van der Waals surface area contributed by atoms with Gasteiger partial charge in [0, 0.05) is 34.9 Å². The molecule has 137 valence electrons. The summed E-state index contributed by atoms with van der Waals surface area (Å²) in [5.74, 6) is 0.519. The van der Waals surface area contributed by atoms with Gasteiger partial charge in [-0.25, -0.2) is 4.98 Å². The van der Waals surface area contributed by atoms with Gasteiger partial charge in [0.2, 0.25) is 0 Å². The molecule has 1 fully saturated rings. The first-order valence-electron chi connectivity index (χ1n) is 8.99. The van der Waals surface area contributed by atoms with E-state index in [1.807, 2.05) is 36.5 Å². The maximum atomic E-state index is 10.2. The molecule has 4 aromatic rings. The number of benzene rings is 1. The molecule has 0 saturated heterocycles. The van der Waals surface area contributed by atoms with E-state index < -0.39 is 12.2 Å². The van der Waals surface area contributed by atoms with Gasteiger partial charge in [-0.3, -0.25) is 0 Å². The van der Waals surface area contributed by atoms with Gasteiger partial charge >= 0.3 is 0 Å². The monoisotopic (exact) mass is 362 g/mol. The molecule has 0 bridgehead atoms. The summed E-state index contributed by atoms with van der Waals surface area (Å²) in [4.78, 5) is 7.67. The quantitative estimate of drug-likeness (QED) is 0.448. The molecule has 0 spiro atoms. The summed E-state index contributed by atoms with van der Waals surface area (Å²) in [6.45, 7) is 3.90. The predicted molar refractivity (Wildman–Crippen MR) is 103 cm³/mol. The zero-order chi connectivity index (χ0) is 18.5. The Morgan fingerprint density at radius 2 is 2.04 bits per heavy atom. The lowest BCUT2D eigenvalue weighted by atomic mass is 10.1. The molecule has 5 rings (SSSR count). The van der Waals surface area contributed by atoms with E-state index >= 15 is 0 Å². The third kappa shape index (κ3) is 2.58. The van der Waals surface area contributed by atoms with E-state index in [1.54, 1.807) is 10.7 Å². The molecular weight excluding hydrogens is 342 g/mol. The van der Waals surface area contributed by atoms with Crippen LogP contribution >= 0.6 is 0 Å². The lowest BCUT2D eigenvalue weighted by Gasteiger charge is -2.19. The molecule has 3 aromatic heterocycles. The molecule has 1 aliphatic carbocycles. The van der Waals surface area contributed by atoms with E-state index in [0.717, 1.165) is 28.0 Å². The van der Waals surface area contributed by atoms with Crippen LogP contribution in [0.2, 0.25) is 0 Å². The zero-order valence-corrected chi connectivity index (χ0v) is 14.6. The van der Waals surface area contributed by atoms with Crippen LogP contribution in [0.4, 0.5) is 5.82 Å². The normalized spacial score (nSPS) is 25.4. The predicted octanol–water partition coefficient (Wildman–Crippen LogP) is 2.23. The Hall–Kier alpha value is -2.90. The number of para-hydroxylation sites is 1. The van der Waals surface area contributed by atoms with E-state index in [9.17, 15) is 10.2 Å². The number of hydrogen-bond acceptors (Lipinski definition) is 5. The van der Waals surface area contributed by atoms with Crippen molar-refractivity contribution in [2.75, 3.05) is 5.32 Å². The topological polar surface area (TPSA) is 98.5 Å². The van der Waals surface area contributed by atoms with Gasteiger partial charge in [-0.2, -0.15) is 9.61 Å². The Kier molecular flexibility index (Phi) is 3.66. The highest BCUT2D eigenvalue weighted by atomic mass is 16.3. The van der Waals surface area contributed by atoms with E-state index in [0.29, 0.717) is 12.1 Å². The van der Waals surface area contributed by atoms with Gasteiger partial charge in [0.1, 0.15) is 11.9 Å². The summed E-state index contributed by atoms with van der Waals surface area (Å²) in [7, 11) is 0. The fourth-order valence-corrected chi connectivity index (χ4v) is 3.88. The average molecular weight is 362 g/mol. The van der Waals surface area contributed by atoms with Crippen molar-refractivity contribution in [2.24, 2.45) is 5.92 Å². The minimum atomic E-state index is -0.862. The molecule has 4 atom stereocenters. The van der Waals surface area contributed by atoms with Crippen LogP contribution in [-0.2, 0) is 0 Å². The number of anilines is 1. The first-order chi connectivity index (χ1) is 13.1. The van der Waals surface area contributed by atoms with Crippen LogP contribution in [0.15, 0.2) is 48.8 Å². The number of H-pyrrole nitrogens is 1. The third-order valence-corrected chi connectivity index (χ3v) is 5.36. The van der Waals surface area contributed by atoms with Crippen LogP contribution in [0, 0.1) is 12.8 Å². The number of fused-ring (bicyclic) bond motifs is 2. The van der Waals surface area contributed by atoms with Crippen molar-refractivity contribution >= 4 is 22.4 Å². The molecule has 1 saturated carbocycles. The smallest absolute Gasteiger partial charge is 0.157 e. The average Bonchev–Trinajstić information content (AvgIpc) is 3.35. The molecule has 3 heterocycles. The van der Waals surface area contributed by atoms with Crippen LogP contribution in [0.1, 0.15) is 6.42 Å². The van der Waals surface area contributed by atoms with Gasteiger partial charge in [0.15, 0.2) is 5.65 Å². The van der Waals surface area contributed by atoms with Crippen LogP contribution in [0.25, 0.3) is 27.8 Å². The Morgan fingerprint density at radius 1 is 1.19 bits per heavy atom. The molecule has 1 aromatic carbocycles. The van der Waals surface area contributed by atoms with Crippen LogP contribution < -0.4 is 5.32 Å². The van der Waals surface area contributed by atoms with E-state index in [2.05, 4.69) is 28.3 Å². The second-order valence-electron chi connectivity index (χ2n) is 7.11. The third-order valence-electron chi connectivity index (χ3n) is 5.36. The van der Waals surface area contributed by atoms with Gasteiger partial charge in [-0.05, 0) is 31.4 Å². The van der Waals surface area contributed by atoms with Crippen molar-refractivity contribution in [2.45, 2.75) is 24.7 Å². The number of aliphatic hydroxyl groups is 2. The number of aromatic nitrogens is 4. The minimum absolute atomic E-state index is 0.200. The van der Waals surface area contributed by atoms with E-state index in [4.69, 9.17) is 5.10 Å². The standard InChI is InChI=1S/C20H20N5O2/c1-11-8-16(20(27)19(11)26)23-17-6-7-21-18-9-15(24-25(17)18)13-10-22-14-5-3-2-4-12(13)14/h2-7,9-11,16,19-20,22-23,26-27H,1,8H2/t11-,16-,19-,20+/m1/s1. The highest BCUT2D eigenvalue weighted by Gasteiger charge is 2.39. The van der Waals surface area contributed by atoms with E-state index in [-0.39, 0.29) is 12.0 Å². The number of hydrogen-bond donors (Lipinski definition) is 4. The zero-order valence-electron chi connectivity index (χ0n) is 14.6. The molecule has 1 aliphatic rings. The summed E-state index contributed by atoms with van der Waals surface area (Å²) in [6, 6.07) is 11.5.